The molecule has 0 spiro atoms. The number of hydrogen-bond donors (Lipinski definition) is 3. The third kappa shape index (κ3) is 4.93. The molecule has 1 heterocycles. The number of para-hydroxylation sites is 2. The molecule has 1 saturated heterocycles. The van der Waals surface area contributed by atoms with Gasteiger partial charge in [-0.1, -0.05) is 12.1 Å². The standard InChI is InChI=1S/C14H18F3N3O/c15-14(16,17)9-19-11-3-1-2-4-12(11)20-13(21)10-5-7-18-8-6-10/h1-4,10,18-19H,5-9H2,(H,20,21). The molecule has 0 radical (unpaired) electrons. The van der Waals surface area contributed by atoms with Gasteiger partial charge in [-0.15, -0.1) is 0 Å². The average Bonchev–Trinajstić information content (AvgIpc) is 2.46. The minimum absolute atomic E-state index is 0.0954. The normalized spacial score (nSPS) is 16.5. The lowest BCUT2D eigenvalue weighted by atomic mass is 9.97. The molecule has 0 aliphatic carbocycles. The third-order valence-corrected chi connectivity index (χ3v) is 3.37. The van der Waals surface area contributed by atoms with Crippen LogP contribution < -0.4 is 16.0 Å². The lowest BCUT2D eigenvalue weighted by Crippen LogP contribution is -2.34. The van der Waals surface area contributed by atoms with E-state index in [4.69, 9.17) is 0 Å². The van der Waals surface area contributed by atoms with Crippen LogP contribution >= 0.6 is 0 Å². The van der Waals surface area contributed by atoms with Gasteiger partial charge in [0, 0.05) is 5.92 Å². The third-order valence-electron chi connectivity index (χ3n) is 3.37. The molecule has 1 aliphatic rings. The Labute approximate surface area is 121 Å². The Morgan fingerprint density at radius 2 is 1.81 bits per heavy atom. The van der Waals surface area contributed by atoms with Crippen molar-refractivity contribution >= 4 is 17.3 Å². The highest BCUT2D eigenvalue weighted by Crippen LogP contribution is 2.25. The van der Waals surface area contributed by atoms with Crippen molar-refractivity contribution in [3.05, 3.63) is 24.3 Å². The molecule has 0 saturated carbocycles. The Hall–Kier alpha value is -1.76. The predicted octanol–water partition coefficient (Wildman–Crippen LogP) is 2.60. The van der Waals surface area contributed by atoms with E-state index in [9.17, 15) is 18.0 Å². The van der Waals surface area contributed by atoms with Crippen LogP contribution in [0.1, 0.15) is 12.8 Å². The van der Waals surface area contributed by atoms with Crippen LogP contribution in [0.4, 0.5) is 24.5 Å². The van der Waals surface area contributed by atoms with Crippen molar-refractivity contribution in [3.8, 4) is 0 Å². The number of carbonyl (C=O) groups excluding carboxylic acids is 1. The summed E-state index contributed by atoms with van der Waals surface area (Å²) < 4.78 is 36.8. The maximum atomic E-state index is 12.3. The van der Waals surface area contributed by atoms with E-state index in [2.05, 4.69) is 16.0 Å². The summed E-state index contributed by atoms with van der Waals surface area (Å²) in [6.45, 7) is 0.436. The highest BCUT2D eigenvalue weighted by Gasteiger charge is 2.27. The van der Waals surface area contributed by atoms with Gasteiger partial charge in [0.05, 0.1) is 11.4 Å². The van der Waals surface area contributed by atoms with Crippen molar-refractivity contribution in [2.45, 2.75) is 19.0 Å². The number of hydrogen-bond acceptors (Lipinski definition) is 3. The second-order valence-corrected chi connectivity index (χ2v) is 5.03. The monoisotopic (exact) mass is 301 g/mol. The second-order valence-electron chi connectivity index (χ2n) is 5.03. The molecule has 1 amide bonds. The van der Waals surface area contributed by atoms with Crippen molar-refractivity contribution in [1.29, 1.82) is 0 Å². The van der Waals surface area contributed by atoms with Crippen LogP contribution in [0, 0.1) is 5.92 Å². The maximum Gasteiger partial charge on any atom is 0.405 e. The van der Waals surface area contributed by atoms with Gasteiger partial charge in [0.1, 0.15) is 6.54 Å². The number of rotatable bonds is 4. The summed E-state index contributed by atoms with van der Waals surface area (Å²) >= 11 is 0. The first kappa shape index (κ1) is 15.6. The fourth-order valence-corrected chi connectivity index (χ4v) is 2.26. The SMILES string of the molecule is O=C(Nc1ccccc1NCC(F)(F)F)C1CCNCC1. The highest BCUT2D eigenvalue weighted by molar-refractivity contribution is 5.95. The second kappa shape index (κ2) is 6.80. The summed E-state index contributed by atoms with van der Waals surface area (Å²) in [6.07, 6.45) is -2.82. The Morgan fingerprint density at radius 1 is 1.19 bits per heavy atom. The van der Waals surface area contributed by atoms with Crippen LogP contribution in [0.3, 0.4) is 0 Å². The molecule has 0 atom stereocenters. The summed E-state index contributed by atoms with van der Waals surface area (Å²) in [6, 6.07) is 6.41. The van der Waals surface area contributed by atoms with Crippen molar-refractivity contribution in [1.82, 2.24) is 5.32 Å². The fraction of sp³-hybridized carbons (Fsp3) is 0.500. The molecule has 3 N–H and O–H groups in total. The molecule has 1 aliphatic heterocycles. The number of anilines is 2. The zero-order chi connectivity index (χ0) is 15.3. The Bertz CT molecular complexity index is 485. The van der Waals surface area contributed by atoms with E-state index >= 15 is 0 Å². The highest BCUT2D eigenvalue weighted by atomic mass is 19.4. The van der Waals surface area contributed by atoms with E-state index in [1.54, 1.807) is 18.2 Å². The van der Waals surface area contributed by atoms with Crippen molar-refractivity contribution < 1.29 is 18.0 Å². The molecular formula is C14H18F3N3O. The van der Waals surface area contributed by atoms with Crippen LogP contribution in [0.15, 0.2) is 24.3 Å². The summed E-state index contributed by atoms with van der Waals surface area (Å²) in [5, 5.41) is 8.19. The van der Waals surface area contributed by atoms with E-state index in [-0.39, 0.29) is 17.5 Å². The number of alkyl halides is 3. The first-order valence-corrected chi connectivity index (χ1v) is 6.87. The first-order valence-electron chi connectivity index (χ1n) is 6.87. The van der Waals surface area contributed by atoms with Gasteiger partial charge in [-0.2, -0.15) is 13.2 Å². The molecule has 2 rings (SSSR count). The quantitative estimate of drug-likeness (QED) is 0.801. The van der Waals surface area contributed by atoms with Crippen LogP contribution in [-0.2, 0) is 4.79 Å². The molecule has 1 fully saturated rings. The van der Waals surface area contributed by atoms with Gasteiger partial charge in [0.15, 0.2) is 0 Å². The van der Waals surface area contributed by atoms with Gasteiger partial charge in [0.25, 0.3) is 0 Å². The van der Waals surface area contributed by atoms with Crippen LogP contribution in [0.25, 0.3) is 0 Å². The number of nitrogens with one attached hydrogen (secondary N) is 3. The van der Waals surface area contributed by atoms with E-state index in [0.717, 1.165) is 25.9 Å². The summed E-state index contributed by atoms with van der Waals surface area (Å²) in [5.41, 5.74) is 0.655. The topological polar surface area (TPSA) is 53.2 Å². The van der Waals surface area contributed by atoms with Crippen molar-refractivity contribution in [2.75, 3.05) is 30.3 Å². The minimum atomic E-state index is -4.30. The molecule has 0 bridgehead atoms. The fourth-order valence-electron chi connectivity index (χ4n) is 2.26. The van der Waals surface area contributed by atoms with Crippen LogP contribution in [0.5, 0.6) is 0 Å². The molecule has 0 unspecified atom stereocenters. The van der Waals surface area contributed by atoms with E-state index in [0.29, 0.717) is 5.69 Å². The number of amides is 1. The molecule has 116 valence electrons. The zero-order valence-corrected chi connectivity index (χ0v) is 11.5. The van der Waals surface area contributed by atoms with E-state index in [1.807, 2.05) is 0 Å². The molecule has 1 aromatic rings. The Morgan fingerprint density at radius 3 is 2.43 bits per heavy atom. The largest absolute Gasteiger partial charge is 0.405 e. The maximum absolute atomic E-state index is 12.3. The van der Waals surface area contributed by atoms with Gasteiger partial charge >= 0.3 is 6.18 Å². The summed E-state index contributed by atoms with van der Waals surface area (Å²) in [5.74, 6) is -0.236. The lowest BCUT2D eigenvalue weighted by Gasteiger charge is -2.22. The molecule has 7 heteroatoms. The van der Waals surface area contributed by atoms with Gasteiger partial charge in [-0.3, -0.25) is 4.79 Å². The lowest BCUT2D eigenvalue weighted by molar-refractivity contribution is -0.120. The number of benzene rings is 1. The van der Waals surface area contributed by atoms with Gasteiger partial charge < -0.3 is 16.0 Å². The zero-order valence-electron chi connectivity index (χ0n) is 11.5. The van der Waals surface area contributed by atoms with Crippen molar-refractivity contribution in [2.24, 2.45) is 5.92 Å². The van der Waals surface area contributed by atoms with Crippen LogP contribution in [0.2, 0.25) is 0 Å². The summed E-state index contributed by atoms with van der Waals surface area (Å²) in [4.78, 5) is 12.1. The van der Waals surface area contributed by atoms with Gasteiger partial charge in [-0.05, 0) is 38.1 Å². The first-order chi connectivity index (χ1) is 9.96. The smallest absolute Gasteiger partial charge is 0.375 e. The minimum Gasteiger partial charge on any atom is -0.375 e. The van der Waals surface area contributed by atoms with E-state index in [1.165, 1.54) is 6.07 Å². The number of halogens is 3. The van der Waals surface area contributed by atoms with Crippen molar-refractivity contribution in [3.63, 3.8) is 0 Å². The molecule has 1 aromatic carbocycles. The van der Waals surface area contributed by atoms with Gasteiger partial charge in [-0.25, -0.2) is 0 Å². The number of piperidine rings is 1. The molecule has 4 nitrogen and oxygen atoms in total. The summed E-state index contributed by atoms with van der Waals surface area (Å²) in [7, 11) is 0. The molecule has 21 heavy (non-hydrogen) atoms. The Kier molecular flexibility index (Phi) is 5.06. The predicted molar refractivity (Wildman–Crippen MR) is 75.2 cm³/mol. The van der Waals surface area contributed by atoms with Gasteiger partial charge in [0.2, 0.25) is 5.91 Å². The average molecular weight is 301 g/mol. The van der Waals surface area contributed by atoms with E-state index < -0.39 is 12.7 Å². The molecule has 0 aromatic heterocycles. The molecular weight excluding hydrogens is 283 g/mol. The number of carbonyl (C=O) groups is 1. The Balaban J connectivity index is 2.00. The van der Waals surface area contributed by atoms with Crippen LogP contribution in [-0.4, -0.2) is 31.7 Å².